The molecule has 0 bridgehead atoms. The number of anilines is 1. The van der Waals surface area contributed by atoms with Gasteiger partial charge in [-0.2, -0.15) is 0 Å². The van der Waals surface area contributed by atoms with Crippen molar-refractivity contribution in [2.75, 3.05) is 5.32 Å². The van der Waals surface area contributed by atoms with E-state index < -0.39 is 18.0 Å². The molecule has 0 aliphatic heterocycles. The van der Waals surface area contributed by atoms with Crippen LogP contribution in [-0.2, 0) is 14.3 Å². The lowest BCUT2D eigenvalue weighted by molar-refractivity contribution is -0.148. The number of rotatable bonds is 5. The van der Waals surface area contributed by atoms with E-state index in [0.29, 0.717) is 22.2 Å². The number of fused-ring (bicyclic) bond motifs is 1. The summed E-state index contributed by atoms with van der Waals surface area (Å²) in [6.07, 6.45) is 4.82. The van der Waals surface area contributed by atoms with Gasteiger partial charge in [0.15, 0.2) is 11.3 Å². The Morgan fingerprint density at radius 3 is 2.81 bits per heavy atom. The summed E-state index contributed by atoms with van der Waals surface area (Å²) in [5.41, 5.74) is 1.19. The number of imidazole rings is 1. The molecule has 0 saturated heterocycles. The Morgan fingerprint density at radius 1 is 1.26 bits per heavy atom. The Balaban J connectivity index is 1.62. The van der Waals surface area contributed by atoms with Crippen molar-refractivity contribution in [3.63, 3.8) is 0 Å². The highest BCUT2D eigenvalue weighted by Crippen LogP contribution is 2.19. The first kappa shape index (κ1) is 18.9. The number of carbonyl (C=O) groups is 2. The lowest BCUT2D eigenvalue weighted by Crippen LogP contribution is -2.29. The van der Waals surface area contributed by atoms with Crippen LogP contribution in [0.2, 0.25) is 10.2 Å². The van der Waals surface area contributed by atoms with E-state index >= 15 is 0 Å². The number of carbonyl (C=O) groups excluding carboxylic acids is 2. The van der Waals surface area contributed by atoms with Gasteiger partial charge >= 0.3 is 5.97 Å². The maximum atomic E-state index is 12.1. The van der Waals surface area contributed by atoms with Crippen molar-refractivity contribution in [3.8, 4) is 0 Å². The lowest BCUT2D eigenvalue weighted by Gasteiger charge is -2.11. The summed E-state index contributed by atoms with van der Waals surface area (Å²) in [6, 6.07) is 8.57. The number of nitrogens with one attached hydrogen (secondary N) is 1. The third-order valence-electron chi connectivity index (χ3n) is 3.54. The Hall–Kier alpha value is -2.90. The molecule has 3 heterocycles. The number of hydrogen-bond donors (Lipinski definition) is 1. The van der Waals surface area contributed by atoms with Crippen molar-refractivity contribution < 1.29 is 14.3 Å². The van der Waals surface area contributed by atoms with Gasteiger partial charge in [-0.3, -0.25) is 9.20 Å². The van der Waals surface area contributed by atoms with Crippen LogP contribution in [0.15, 0.2) is 48.8 Å². The molecule has 27 heavy (non-hydrogen) atoms. The second kappa shape index (κ2) is 8.20. The quantitative estimate of drug-likeness (QED) is 0.518. The van der Waals surface area contributed by atoms with Gasteiger partial charge in [0.05, 0.1) is 10.7 Å². The molecule has 0 aliphatic rings. The zero-order valence-electron chi connectivity index (χ0n) is 14.1. The van der Waals surface area contributed by atoms with Gasteiger partial charge in [-0.05, 0) is 37.3 Å². The summed E-state index contributed by atoms with van der Waals surface area (Å²) in [5, 5.41) is 3.23. The predicted molar refractivity (Wildman–Crippen MR) is 103 cm³/mol. The first-order valence-electron chi connectivity index (χ1n) is 7.88. The zero-order valence-corrected chi connectivity index (χ0v) is 15.6. The Kier molecular flexibility index (Phi) is 5.73. The fourth-order valence-electron chi connectivity index (χ4n) is 2.23. The monoisotopic (exact) mass is 404 g/mol. The van der Waals surface area contributed by atoms with Gasteiger partial charge in [0.1, 0.15) is 11.5 Å². The molecule has 0 spiro atoms. The standard InChI is InChI=1S/C18H14Cl2N4O3/c1-11(18(26)22-14-7-5-12(19)10-21-14)27-16(25)8-6-13-17(20)23-15-4-2-3-9-24(13)15/h2-11H,1H3,(H,21,22,26)/b8-6+/t11-/m0/s1. The second-order valence-electron chi connectivity index (χ2n) is 5.48. The normalized spacial score (nSPS) is 12.3. The number of pyridine rings is 2. The highest BCUT2D eigenvalue weighted by Gasteiger charge is 2.17. The van der Waals surface area contributed by atoms with Gasteiger partial charge in [-0.25, -0.2) is 14.8 Å². The van der Waals surface area contributed by atoms with E-state index in [2.05, 4.69) is 15.3 Å². The van der Waals surface area contributed by atoms with Crippen LogP contribution in [0.1, 0.15) is 12.6 Å². The van der Waals surface area contributed by atoms with Gasteiger partial charge in [-0.1, -0.05) is 29.3 Å². The molecule has 0 aromatic carbocycles. The maximum absolute atomic E-state index is 12.1. The fourth-order valence-corrected chi connectivity index (χ4v) is 2.58. The minimum atomic E-state index is -1.02. The molecule has 138 valence electrons. The summed E-state index contributed by atoms with van der Waals surface area (Å²) in [7, 11) is 0. The number of amides is 1. The molecule has 0 saturated carbocycles. The van der Waals surface area contributed by atoms with E-state index in [1.807, 2.05) is 12.1 Å². The molecule has 1 N–H and O–H groups in total. The van der Waals surface area contributed by atoms with Crippen LogP contribution in [0.4, 0.5) is 5.82 Å². The average molecular weight is 405 g/mol. The number of esters is 1. The van der Waals surface area contributed by atoms with E-state index in [4.69, 9.17) is 27.9 Å². The number of ether oxygens (including phenoxy) is 1. The molecule has 0 aliphatic carbocycles. The van der Waals surface area contributed by atoms with Crippen LogP contribution in [0.5, 0.6) is 0 Å². The van der Waals surface area contributed by atoms with Crippen molar-refractivity contribution >= 4 is 52.6 Å². The van der Waals surface area contributed by atoms with E-state index in [9.17, 15) is 9.59 Å². The number of hydrogen-bond acceptors (Lipinski definition) is 5. The van der Waals surface area contributed by atoms with Crippen molar-refractivity contribution in [1.82, 2.24) is 14.4 Å². The van der Waals surface area contributed by atoms with Crippen LogP contribution >= 0.6 is 23.2 Å². The smallest absolute Gasteiger partial charge is 0.331 e. The Labute approximate surface area is 164 Å². The molecular formula is C18H14Cl2N4O3. The van der Waals surface area contributed by atoms with Crippen LogP contribution < -0.4 is 5.32 Å². The summed E-state index contributed by atoms with van der Waals surface area (Å²) < 4.78 is 6.82. The largest absolute Gasteiger partial charge is 0.449 e. The lowest BCUT2D eigenvalue weighted by atomic mass is 10.3. The molecule has 3 rings (SSSR count). The highest BCUT2D eigenvalue weighted by atomic mass is 35.5. The molecule has 7 nitrogen and oxygen atoms in total. The minimum absolute atomic E-state index is 0.254. The van der Waals surface area contributed by atoms with E-state index in [1.54, 1.807) is 28.8 Å². The Morgan fingerprint density at radius 2 is 2.07 bits per heavy atom. The molecule has 0 unspecified atom stereocenters. The molecule has 0 radical (unpaired) electrons. The molecule has 1 amide bonds. The number of nitrogens with zero attached hydrogens (tertiary/aromatic N) is 3. The SMILES string of the molecule is C[C@H](OC(=O)/C=C/c1c(Cl)nc2ccccn12)C(=O)Nc1ccc(Cl)cn1. The van der Waals surface area contributed by atoms with Crippen molar-refractivity contribution in [1.29, 1.82) is 0 Å². The predicted octanol–water partition coefficient (Wildman–Crippen LogP) is 3.62. The first-order chi connectivity index (χ1) is 12.9. The summed E-state index contributed by atoms with van der Waals surface area (Å²) in [6.45, 7) is 1.46. The second-order valence-corrected chi connectivity index (χ2v) is 6.27. The summed E-state index contributed by atoms with van der Waals surface area (Å²) in [4.78, 5) is 32.2. The van der Waals surface area contributed by atoms with Gasteiger partial charge < -0.3 is 10.1 Å². The maximum Gasteiger partial charge on any atom is 0.331 e. The minimum Gasteiger partial charge on any atom is -0.449 e. The zero-order chi connectivity index (χ0) is 19.4. The number of aromatic nitrogens is 3. The fraction of sp³-hybridized carbons (Fsp3) is 0.111. The van der Waals surface area contributed by atoms with Crippen molar-refractivity contribution in [2.24, 2.45) is 0 Å². The number of halogens is 2. The Bertz CT molecular complexity index is 1020. The molecule has 3 aromatic rings. The van der Waals surface area contributed by atoms with Crippen LogP contribution in [0.3, 0.4) is 0 Å². The molecule has 3 aromatic heterocycles. The van der Waals surface area contributed by atoms with Crippen LogP contribution in [-0.4, -0.2) is 32.3 Å². The summed E-state index contributed by atoms with van der Waals surface area (Å²) >= 11 is 11.8. The van der Waals surface area contributed by atoms with Crippen molar-refractivity contribution in [3.05, 3.63) is 64.7 Å². The first-order valence-corrected chi connectivity index (χ1v) is 8.63. The summed E-state index contributed by atoms with van der Waals surface area (Å²) in [5.74, 6) is -0.900. The molecule has 1 atom stereocenters. The van der Waals surface area contributed by atoms with E-state index in [0.717, 1.165) is 0 Å². The topological polar surface area (TPSA) is 85.6 Å². The van der Waals surface area contributed by atoms with Gasteiger partial charge in [0, 0.05) is 18.5 Å². The van der Waals surface area contributed by atoms with E-state index in [-0.39, 0.29) is 5.15 Å². The third-order valence-corrected chi connectivity index (χ3v) is 4.04. The van der Waals surface area contributed by atoms with Crippen LogP contribution in [0, 0.1) is 0 Å². The van der Waals surface area contributed by atoms with Gasteiger partial charge in [0.25, 0.3) is 5.91 Å². The van der Waals surface area contributed by atoms with Crippen molar-refractivity contribution in [2.45, 2.75) is 13.0 Å². The molecular weight excluding hydrogens is 391 g/mol. The molecule has 9 heteroatoms. The highest BCUT2D eigenvalue weighted by molar-refractivity contribution is 6.31. The van der Waals surface area contributed by atoms with E-state index in [1.165, 1.54) is 25.3 Å². The molecule has 0 fully saturated rings. The average Bonchev–Trinajstić information content (AvgIpc) is 2.97. The van der Waals surface area contributed by atoms with Gasteiger partial charge in [-0.15, -0.1) is 0 Å². The van der Waals surface area contributed by atoms with Gasteiger partial charge in [0.2, 0.25) is 0 Å². The van der Waals surface area contributed by atoms with Crippen LogP contribution in [0.25, 0.3) is 11.7 Å². The third kappa shape index (κ3) is 4.64.